The molecule has 0 atom stereocenters. The second kappa shape index (κ2) is 8.93. The molecule has 2 N–H and O–H groups in total. The van der Waals surface area contributed by atoms with Crippen molar-refractivity contribution in [1.82, 2.24) is 15.1 Å². The lowest BCUT2D eigenvalue weighted by atomic mass is 10.1. The molecule has 0 radical (unpaired) electrons. The number of nitrogens with one attached hydrogen (secondary N) is 2. The topological polar surface area (TPSA) is 111 Å². The van der Waals surface area contributed by atoms with Gasteiger partial charge in [-0.15, -0.1) is 0 Å². The van der Waals surface area contributed by atoms with Crippen molar-refractivity contribution in [3.63, 3.8) is 0 Å². The van der Waals surface area contributed by atoms with E-state index < -0.39 is 6.03 Å². The second-order valence-electron chi connectivity index (χ2n) is 7.50. The highest BCUT2D eigenvalue weighted by molar-refractivity contribution is 5.99. The summed E-state index contributed by atoms with van der Waals surface area (Å²) in [6, 6.07) is 12.0. The molecule has 0 spiro atoms. The maximum atomic E-state index is 12.3. The van der Waals surface area contributed by atoms with E-state index in [2.05, 4.69) is 25.8 Å². The number of carbonyl (C=O) groups excluding carboxylic acids is 1. The van der Waals surface area contributed by atoms with Crippen LogP contribution in [-0.2, 0) is 0 Å². The van der Waals surface area contributed by atoms with Crippen LogP contribution in [0.15, 0.2) is 53.3 Å². The number of urea groups is 1. The minimum absolute atomic E-state index is 0.178. The summed E-state index contributed by atoms with van der Waals surface area (Å²) in [6.07, 6.45) is 1.45. The molecule has 0 aliphatic heterocycles. The van der Waals surface area contributed by atoms with E-state index in [1.54, 1.807) is 37.4 Å². The van der Waals surface area contributed by atoms with Crippen molar-refractivity contribution in [2.75, 3.05) is 17.7 Å². The van der Waals surface area contributed by atoms with Crippen molar-refractivity contribution < 1.29 is 18.8 Å². The SMILES string of the molecule is COc1cc2c(Oc3cccc(NC(=O)Nc4cc(C(C)C)on4)c3)ncnc2cc1C. The number of aryl methyl sites for hydroxylation is 1. The van der Waals surface area contributed by atoms with Crippen molar-refractivity contribution >= 4 is 28.4 Å². The fourth-order valence-electron chi connectivity index (χ4n) is 3.11. The van der Waals surface area contributed by atoms with Gasteiger partial charge in [0.2, 0.25) is 5.88 Å². The summed E-state index contributed by atoms with van der Waals surface area (Å²) < 4.78 is 16.6. The highest BCUT2D eigenvalue weighted by atomic mass is 16.5. The quantitative estimate of drug-likeness (QED) is 0.413. The van der Waals surface area contributed by atoms with Gasteiger partial charge in [0.25, 0.3) is 0 Å². The molecular weight excluding hydrogens is 410 g/mol. The third-order valence-corrected chi connectivity index (χ3v) is 4.76. The fourth-order valence-corrected chi connectivity index (χ4v) is 3.11. The summed E-state index contributed by atoms with van der Waals surface area (Å²) in [7, 11) is 1.61. The van der Waals surface area contributed by atoms with E-state index >= 15 is 0 Å². The van der Waals surface area contributed by atoms with Crippen LogP contribution in [0.1, 0.15) is 31.1 Å². The number of aromatic nitrogens is 3. The van der Waals surface area contributed by atoms with Crippen LogP contribution in [0, 0.1) is 6.92 Å². The monoisotopic (exact) mass is 433 g/mol. The van der Waals surface area contributed by atoms with Crippen molar-refractivity contribution in [2.45, 2.75) is 26.7 Å². The molecule has 32 heavy (non-hydrogen) atoms. The van der Waals surface area contributed by atoms with Crippen LogP contribution in [0.3, 0.4) is 0 Å². The molecule has 0 bridgehead atoms. The first kappa shape index (κ1) is 21.1. The molecule has 2 heterocycles. The summed E-state index contributed by atoms with van der Waals surface area (Å²) in [5, 5.41) is 9.97. The number of nitrogens with zero attached hydrogens (tertiary/aromatic N) is 3. The van der Waals surface area contributed by atoms with Gasteiger partial charge in [0, 0.05) is 23.7 Å². The van der Waals surface area contributed by atoms with E-state index in [-0.39, 0.29) is 5.92 Å². The maximum absolute atomic E-state index is 12.3. The first-order valence-corrected chi connectivity index (χ1v) is 10.0. The lowest BCUT2D eigenvalue weighted by Gasteiger charge is -2.11. The van der Waals surface area contributed by atoms with Gasteiger partial charge in [-0.05, 0) is 36.8 Å². The zero-order valence-electron chi connectivity index (χ0n) is 18.2. The maximum Gasteiger partial charge on any atom is 0.324 e. The Kier molecular flexibility index (Phi) is 5.89. The number of benzene rings is 2. The van der Waals surface area contributed by atoms with Gasteiger partial charge >= 0.3 is 6.03 Å². The van der Waals surface area contributed by atoms with Crippen LogP contribution in [0.4, 0.5) is 16.3 Å². The molecule has 0 saturated carbocycles. The third-order valence-electron chi connectivity index (χ3n) is 4.76. The van der Waals surface area contributed by atoms with Gasteiger partial charge in [0.05, 0.1) is 18.0 Å². The van der Waals surface area contributed by atoms with E-state index in [0.717, 1.165) is 22.2 Å². The Morgan fingerprint density at radius 1 is 1.09 bits per heavy atom. The number of carbonyl (C=O) groups is 1. The van der Waals surface area contributed by atoms with E-state index in [1.807, 2.05) is 32.9 Å². The first-order chi connectivity index (χ1) is 15.4. The van der Waals surface area contributed by atoms with Crippen molar-refractivity contribution in [2.24, 2.45) is 0 Å². The lowest BCUT2D eigenvalue weighted by Crippen LogP contribution is -2.19. The van der Waals surface area contributed by atoms with E-state index in [0.29, 0.717) is 28.9 Å². The largest absolute Gasteiger partial charge is 0.496 e. The summed E-state index contributed by atoms with van der Waals surface area (Å²) in [4.78, 5) is 20.9. The first-order valence-electron chi connectivity index (χ1n) is 10.0. The van der Waals surface area contributed by atoms with Gasteiger partial charge in [-0.3, -0.25) is 5.32 Å². The summed E-state index contributed by atoms with van der Waals surface area (Å²) >= 11 is 0. The minimum Gasteiger partial charge on any atom is -0.496 e. The van der Waals surface area contributed by atoms with Crippen LogP contribution in [0.25, 0.3) is 10.9 Å². The highest BCUT2D eigenvalue weighted by Crippen LogP contribution is 2.32. The number of ether oxygens (including phenoxy) is 2. The van der Waals surface area contributed by atoms with Crippen LogP contribution >= 0.6 is 0 Å². The molecule has 2 aromatic carbocycles. The molecule has 2 aromatic heterocycles. The molecule has 4 aromatic rings. The van der Waals surface area contributed by atoms with E-state index in [9.17, 15) is 4.79 Å². The fraction of sp³-hybridized carbons (Fsp3) is 0.217. The summed E-state index contributed by atoms with van der Waals surface area (Å²) in [5.74, 6) is 2.83. The second-order valence-corrected chi connectivity index (χ2v) is 7.50. The zero-order valence-corrected chi connectivity index (χ0v) is 18.2. The van der Waals surface area contributed by atoms with Crippen LogP contribution in [0.2, 0.25) is 0 Å². The number of methoxy groups -OCH3 is 1. The molecule has 0 unspecified atom stereocenters. The van der Waals surface area contributed by atoms with Gasteiger partial charge in [0.15, 0.2) is 5.82 Å². The van der Waals surface area contributed by atoms with Crippen LogP contribution in [0.5, 0.6) is 17.4 Å². The number of rotatable bonds is 6. The van der Waals surface area contributed by atoms with Crippen molar-refractivity contribution in [3.05, 3.63) is 60.1 Å². The molecule has 0 aliphatic rings. The Labute approximate surface area is 184 Å². The molecule has 9 nitrogen and oxygen atoms in total. The molecule has 164 valence electrons. The normalized spacial score (nSPS) is 10.9. The zero-order chi connectivity index (χ0) is 22.7. The molecule has 9 heteroatoms. The standard InChI is InChI=1S/C23H23N5O4/c1-13(2)19-11-21(28-32-19)27-23(29)26-15-6-5-7-16(9-15)31-22-17-10-20(30-4)14(3)8-18(17)24-12-25-22/h5-13H,1-4H3,(H2,26,27,28,29). The Morgan fingerprint density at radius 2 is 1.94 bits per heavy atom. The average Bonchev–Trinajstić information content (AvgIpc) is 3.22. The van der Waals surface area contributed by atoms with Crippen molar-refractivity contribution in [1.29, 1.82) is 0 Å². The molecule has 2 amide bonds. The van der Waals surface area contributed by atoms with Gasteiger partial charge in [0.1, 0.15) is 23.6 Å². The number of hydrogen-bond acceptors (Lipinski definition) is 7. The Hall–Kier alpha value is -4.14. The Morgan fingerprint density at radius 3 is 2.69 bits per heavy atom. The number of hydrogen-bond donors (Lipinski definition) is 2. The van der Waals surface area contributed by atoms with Crippen molar-refractivity contribution in [3.8, 4) is 17.4 Å². The molecular formula is C23H23N5O4. The number of amides is 2. The highest BCUT2D eigenvalue weighted by Gasteiger charge is 2.12. The Bertz CT molecular complexity index is 1270. The molecule has 0 aliphatic carbocycles. The minimum atomic E-state index is -0.446. The predicted octanol–water partition coefficient (Wildman–Crippen LogP) is 5.49. The smallest absolute Gasteiger partial charge is 0.324 e. The number of fused-ring (bicyclic) bond motifs is 1. The average molecular weight is 433 g/mol. The Balaban J connectivity index is 1.50. The van der Waals surface area contributed by atoms with Gasteiger partial charge in [-0.25, -0.2) is 14.8 Å². The van der Waals surface area contributed by atoms with E-state index in [1.165, 1.54) is 6.33 Å². The van der Waals surface area contributed by atoms with Gasteiger partial charge in [-0.1, -0.05) is 25.1 Å². The van der Waals surface area contributed by atoms with Gasteiger partial charge < -0.3 is 19.3 Å². The van der Waals surface area contributed by atoms with Gasteiger partial charge in [-0.2, -0.15) is 0 Å². The summed E-state index contributed by atoms with van der Waals surface area (Å²) in [5.41, 5.74) is 2.25. The molecule has 0 saturated heterocycles. The van der Waals surface area contributed by atoms with E-state index in [4.69, 9.17) is 14.0 Å². The predicted molar refractivity (Wildman–Crippen MR) is 121 cm³/mol. The molecule has 0 fully saturated rings. The molecule has 4 rings (SSSR count). The van der Waals surface area contributed by atoms with Crippen LogP contribution < -0.4 is 20.1 Å². The van der Waals surface area contributed by atoms with Crippen LogP contribution in [-0.4, -0.2) is 28.3 Å². The number of anilines is 2. The summed E-state index contributed by atoms with van der Waals surface area (Å²) in [6.45, 7) is 5.91. The third kappa shape index (κ3) is 4.61. The lowest BCUT2D eigenvalue weighted by molar-refractivity contribution is 0.262.